The number of imidazole rings is 1. The minimum absolute atomic E-state index is 0.0362. The van der Waals surface area contributed by atoms with E-state index in [0.717, 1.165) is 0 Å². The largest absolute Gasteiger partial charge is 0.384 e. The van der Waals surface area contributed by atoms with Crippen LogP contribution in [0.15, 0.2) is 6.33 Å². The maximum atomic E-state index is 10.3. The van der Waals surface area contributed by atoms with Crippen LogP contribution in [0.3, 0.4) is 0 Å². The standard InChI is InChI=1S/C6H5N3O3/c10-3-1-2-5-6(9(11)12)8-4-7-5/h4,10H,3H2,(H,7,8). The van der Waals surface area contributed by atoms with Gasteiger partial charge in [-0.15, -0.1) is 0 Å². The zero-order chi connectivity index (χ0) is 8.97. The van der Waals surface area contributed by atoms with Crippen molar-refractivity contribution in [2.45, 2.75) is 0 Å². The highest BCUT2D eigenvalue weighted by Gasteiger charge is 2.11. The summed E-state index contributed by atoms with van der Waals surface area (Å²) in [6.07, 6.45) is 1.18. The maximum Gasteiger partial charge on any atom is 0.356 e. The Hall–Kier alpha value is -1.87. The highest BCUT2D eigenvalue weighted by molar-refractivity contribution is 5.40. The van der Waals surface area contributed by atoms with E-state index in [1.807, 2.05) is 0 Å². The van der Waals surface area contributed by atoms with Crippen LogP contribution in [0.2, 0.25) is 0 Å². The number of nitrogens with one attached hydrogen (secondary N) is 1. The lowest BCUT2D eigenvalue weighted by atomic mass is 10.4. The van der Waals surface area contributed by atoms with E-state index < -0.39 is 4.92 Å². The van der Waals surface area contributed by atoms with Crippen molar-refractivity contribution in [1.82, 2.24) is 9.97 Å². The van der Waals surface area contributed by atoms with Crippen molar-refractivity contribution in [3.63, 3.8) is 0 Å². The van der Waals surface area contributed by atoms with E-state index in [2.05, 4.69) is 21.8 Å². The van der Waals surface area contributed by atoms with Gasteiger partial charge >= 0.3 is 5.82 Å². The van der Waals surface area contributed by atoms with Gasteiger partial charge in [-0.2, -0.15) is 4.98 Å². The molecule has 62 valence electrons. The fraction of sp³-hybridized carbons (Fsp3) is 0.167. The van der Waals surface area contributed by atoms with Crippen LogP contribution >= 0.6 is 0 Å². The maximum absolute atomic E-state index is 10.3. The van der Waals surface area contributed by atoms with Crippen molar-refractivity contribution in [3.05, 3.63) is 22.1 Å². The van der Waals surface area contributed by atoms with Crippen molar-refractivity contribution < 1.29 is 10.0 Å². The molecular weight excluding hydrogens is 162 g/mol. The van der Waals surface area contributed by atoms with E-state index in [0.29, 0.717) is 0 Å². The van der Waals surface area contributed by atoms with Crippen molar-refractivity contribution in [3.8, 4) is 11.8 Å². The summed E-state index contributed by atoms with van der Waals surface area (Å²) < 4.78 is 0. The number of nitrogens with zero attached hydrogens (tertiary/aromatic N) is 2. The summed E-state index contributed by atoms with van der Waals surface area (Å²) in [7, 11) is 0. The number of aliphatic hydroxyl groups is 1. The summed E-state index contributed by atoms with van der Waals surface area (Å²) in [5, 5.41) is 18.6. The molecule has 12 heavy (non-hydrogen) atoms. The Morgan fingerprint density at radius 3 is 3.17 bits per heavy atom. The molecule has 1 heterocycles. The quantitative estimate of drug-likeness (QED) is 0.340. The number of rotatable bonds is 1. The van der Waals surface area contributed by atoms with Gasteiger partial charge in [-0.05, 0) is 10.8 Å². The lowest BCUT2D eigenvalue weighted by Crippen LogP contribution is -1.90. The minimum atomic E-state index is -0.617. The summed E-state index contributed by atoms with van der Waals surface area (Å²) in [5.41, 5.74) is 0.0362. The predicted octanol–water partition coefficient (Wildman–Crippen LogP) is -0.338. The van der Waals surface area contributed by atoms with Gasteiger partial charge in [0, 0.05) is 0 Å². The molecule has 0 amide bonds. The fourth-order valence-electron chi connectivity index (χ4n) is 0.641. The van der Waals surface area contributed by atoms with Crippen molar-refractivity contribution >= 4 is 5.82 Å². The normalized spacial score (nSPS) is 8.75. The molecule has 1 aromatic heterocycles. The Balaban J connectivity index is 2.99. The molecule has 0 aliphatic heterocycles. The Morgan fingerprint density at radius 1 is 1.83 bits per heavy atom. The van der Waals surface area contributed by atoms with Crippen LogP contribution in [0.25, 0.3) is 0 Å². The molecule has 0 bridgehead atoms. The van der Waals surface area contributed by atoms with E-state index in [9.17, 15) is 10.1 Å². The molecule has 0 fully saturated rings. The first kappa shape index (κ1) is 8.23. The predicted molar refractivity (Wildman–Crippen MR) is 39.2 cm³/mol. The smallest absolute Gasteiger partial charge is 0.356 e. The van der Waals surface area contributed by atoms with Gasteiger partial charge in [0.1, 0.15) is 6.61 Å². The molecule has 0 aliphatic rings. The highest BCUT2D eigenvalue weighted by Crippen LogP contribution is 2.09. The van der Waals surface area contributed by atoms with Crippen LogP contribution < -0.4 is 0 Å². The summed E-state index contributed by atoms with van der Waals surface area (Å²) >= 11 is 0. The number of H-pyrrole nitrogens is 1. The van der Waals surface area contributed by atoms with Gasteiger partial charge in [0.25, 0.3) is 0 Å². The number of aliphatic hydroxyl groups excluding tert-OH is 1. The van der Waals surface area contributed by atoms with E-state index in [1.54, 1.807) is 0 Å². The van der Waals surface area contributed by atoms with Crippen LogP contribution in [0.4, 0.5) is 5.82 Å². The fourth-order valence-corrected chi connectivity index (χ4v) is 0.641. The second kappa shape index (κ2) is 3.50. The first-order valence-corrected chi connectivity index (χ1v) is 3.03. The number of aromatic amines is 1. The number of aromatic nitrogens is 2. The molecule has 0 saturated heterocycles. The zero-order valence-corrected chi connectivity index (χ0v) is 5.94. The molecule has 0 saturated carbocycles. The van der Waals surface area contributed by atoms with Crippen LogP contribution in [0.5, 0.6) is 0 Å². The molecule has 1 rings (SSSR count). The summed E-state index contributed by atoms with van der Waals surface area (Å²) in [5.74, 6) is 4.35. The number of hydrogen-bond acceptors (Lipinski definition) is 4. The number of nitro groups is 1. The van der Waals surface area contributed by atoms with Gasteiger partial charge in [0.2, 0.25) is 5.69 Å². The summed E-state index contributed by atoms with van der Waals surface area (Å²) in [6, 6.07) is 0. The van der Waals surface area contributed by atoms with Gasteiger partial charge in [0.05, 0.1) is 0 Å². The van der Waals surface area contributed by atoms with Gasteiger partial charge in [0.15, 0.2) is 6.33 Å². The van der Waals surface area contributed by atoms with Crippen molar-refractivity contribution in [1.29, 1.82) is 0 Å². The van der Waals surface area contributed by atoms with E-state index in [1.165, 1.54) is 6.33 Å². The SMILES string of the molecule is O=[N+]([O-])c1[nH]cnc1C#CCO. The van der Waals surface area contributed by atoms with Crippen LogP contribution in [-0.2, 0) is 0 Å². The molecule has 2 N–H and O–H groups in total. The first-order valence-electron chi connectivity index (χ1n) is 3.03. The highest BCUT2D eigenvalue weighted by atomic mass is 16.6. The molecule has 0 spiro atoms. The van der Waals surface area contributed by atoms with Crippen molar-refractivity contribution in [2.75, 3.05) is 6.61 Å². The van der Waals surface area contributed by atoms with Gasteiger partial charge < -0.3 is 15.2 Å². The Kier molecular flexibility index (Phi) is 2.40. The Labute approximate surface area is 67.4 Å². The molecular formula is C6H5N3O3. The minimum Gasteiger partial charge on any atom is -0.384 e. The van der Waals surface area contributed by atoms with Crippen LogP contribution in [0, 0.1) is 22.0 Å². The van der Waals surface area contributed by atoms with E-state index in [4.69, 9.17) is 5.11 Å². The molecule has 0 unspecified atom stereocenters. The molecule has 0 aliphatic carbocycles. The van der Waals surface area contributed by atoms with Gasteiger partial charge in [-0.1, -0.05) is 5.92 Å². The third kappa shape index (κ3) is 1.59. The lowest BCUT2D eigenvalue weighted by Gasteiger charge is -1.87. The van der Waals surface area contributed by atoms with Crippen LogP contribution in [-0.4, -0.2) is 26.6 Å². The average molecular weight is 167 g/mol. The monoisotopic (exact) mass is 167 g/mol. The average Bonchev–Trinajstić information content (AvgIpc) is 2.48. The summed E-state index contributed by atoms with van der Waals surface area (Å²) in [6.45, 7) is -0.343. The second-order valence-electron chi connectivity index (χ2n) is 1.82. The second-order valence-corrected chi connectivity index (χ2v) is 1.82. The molecule has 1 aromatic rings. The van der Waals surface area contributed by atoms with Gasteiger partial charge in [-0.25, -0.2) is 4.98 Å². The first-order chi connectivity index (χ1) is 5.75. The van der Waals surface area contributed by atoms with Crippen molar-refractivity contribution in [2.24, 2.45) is 0 Å². The molecule has 6 nitrogen and oxygen atoms in total. The number of hydrogen-bond donors (Lipinski definition) is 2. The molecule has 6 heteroatoms. The van der Waals surface area contributed by atoms with Crippen LogP contribution in [0.1, 0.15) is 5.69 Å². The topological polar surface area (TPSA) is 92.0 Å². The van der Waals surface area contributed by atoms with Gasteiger partial charge in [-0.3, -0.25) is 0 Å². The molecule has 0 atom stereocenters. The summed E-state index contributed by atoms with van der Waals surface area (Å²) in [4.78, 5) is 15.5. The third-order valence-corrected chi connectivity index (χ3v) is 1.09. The lowest BCUT2D eigenvalue weighted by molar-refractivity contribution is -0.389. The Bertz CT molecular complexity index is 346. The van der Waals surface area contributed by atoms with E-state index >= 15 is 0 Å². The zero-order valence-electron chi connectivity index (χ0n) is 5.94. The van der Waals surface area contributed by atoms with E-state index in [-0.39, 0.29) is 18.1 Å². The Morgan fingerprint density at radius 2 is 2.58 bits per heavy atom. The third-order valence-electron chi connectivity index (χ3n) is 1.09. The molecule has 0 aromatic carbocycles. The molecule has 0 radical (unpaired) electrons.